The molecule has 0 radical (unpaired) electrons. The first-order valence-corrected chi connectivity index (χ1v) is 5.12. The molecular formula is C13H22N2. The molecule has 0 spiro atoms. The van der Waals surface area contributed by atoms with Crippen LogP contribution in [-0.4, -0.2) is 9.97 Å². The maximum absolute atomic E-state index is 4.12. The first-order chi connectivity index (χ1) is 6.97. The van der Waals surface area contributed by atoms with Crippen molar-refractivity contribution in [2.24, 2.45) is 0 Å². The minimum atomic E-state index is 0. The lowest BCUT2D eigenvalue weighted by Crippen LogP contribution is -1.78. The van der Waals surface area contributed by atoms with Gasteiger partial charge in [0.2, 0.25) is 0 Å². The van der Waals surface area contributed by atoms with E-state index in [0.717, 1.165) is 11.0 Å². The number of para-hydroxylation sites is 2. The van der Waals surface area contributed by atoms with Gasteiger partial charge in [-0.1, -0.05) is 47.3 Å². The zero-order valence-electron chi connectivity index (χ0n) is 9.36. The second-order valence-electron chi connectivity index (χ2n) is 2.05. The van der Waals surface area contributed by atoms with Crippen LogP contribution in [0.1, 0.15) is 35.1 Å². The Morgan fingerprint density at radius 3 is 1.40 bits per heavy atom. The van der Waals surface area contributed by atoms with Crippen LogP contribution < -0.4 is 0 Å². The molecule has 0 aliphatic heterocycles. The molecule has 0 unspecified atom stereocenters. The molecule has 0 N–H and O–H groups in total. The SMILES string of the molecule is C.CC.CC.c1ccc2nccnc2c1. The molecule has 2 rings (SSSR count). The van der Waals surface area contributed by atoms with Crippen LogP contribution in [0.3, 0.4) is 0 Å². The van der Waals surface area contributed by atoms with Gasteiger partial charge >= 0.3 is 0 Å². The molecular weight excluding hydrogens is 184 g/mol. The third kappa shape index (κ3) is 5.11. The number of aromatic nitrogens is 2. The summed E-state index contributed by atoms with van der Waals surface area (Å²) in [5, 5.41) is 0. The summed E-state index contributed by atoms with van der Waals surface area (Å²) < 4.78 is 0. The Hall–Kier alpha value is -1.44. The van der Waals surface area contributed by atoms with Gasteiger partial charge in [-0.2, -0.15) is 0 Å². The molecule has 0 aliphatic rings. The molecule has 0 saturated heterocycles. The van der Waals surface area contributed by atoms with Crippen molar-refractivity contribution in [3.8, 4) is 0 Å². The highest BCUT2D eigenvalue weighted by Crippen LogP contribution is 2.04. The van der Waals surface area contributed by atoms with E-state index in [0.29, 0.717) is 0 Å². The monoisotopic (exact) mass is 206 g/mol. The highest BCUT2D eigenvalue weighted by molar-refractivity contribution is 5.72. The molecule has 0 aliphatic carbocycles. The van der Waals surface area contributed by atoms with Crippen molar-refractivity contribution < 1.29 is 0 Å². The van der Waals surface area contributed by atoms with Crippen molar-refractivity contribution in [1.82, 2.24) is 9.97 Å². The summed E-state index contributed by atoms with van der Waals surface area (Å²) in [6.07, 6.45) is 3.39. The zero-order valence-corrected chi connectivity index (χ0v) is 9.36. The van der Waals surface area contributed by atoms with E-state index in [-0.39, 0.29) is 7.43 Å². The van der Waals surface area contributed by atoms with Crippen LogP contribution in [0, 0.1) is 0 Å². The van der Waals surface area contributed by atoms with Gasteiger partial charge in [0.25, 0.3) is 0 Å². The van der Waals surface area contributed by atoms with E-state index in [1.807, 2.05) is 52.0 Å². The summed E-state index contributed by atoms with van der Waals surface area (Å²) in [7, 11) is 0. The fourth-order valence-corrected chi connectivity index (χ4v) is 0.910. The predicted octanol–water partition coefficient (Wildman–Crippen LogP) is 4.32. The van der Waals surface area contributed by atoms with E-state index in [1.165, 1.54) is 0 Å². The van der Waals surface area contributed by atoms with Crippen LogP contribution >= 0.6 is 0 Å². The Morgan fingerprint density at radius 1 is 0.733 bits per heavy atom. The Kier molecular flexibility index (Phi) is 11.4. The number of hydrogen-bond donors (Lipinski definition) is 0. The van der Waals surface area contributed by atoms with Gasteiger partial charge in [0.05, 0.1) is 11.0 Å². The summed E-state index contributed by atoms with van der Waals surface area (Å²) >= 11 is 0. The summed E-state index contributed by atoms with van der Waals surface area (Å²) in [6, 6.07) is 7.80. The Balaban J connectivity index is 0. The van der Waals surface area contributed by atoms with Crippen LogP contribution in [0.2, 0.25) is 0 Å². The molecule has 0 atom stereocenters. The fourth-order valence-electron chi connectivity index (χ4n) is 0.910. The number of benzene rings is 1. The molecule has 2 heteroatoms. The van der Waals surface area contributed by atoms with E-state index in [9.17, 15) is 0 Å². The van der Waals surface area contributed by atoms with Crippen molar-refractivity contribution >= 4 is 11.0 Å². The number of rotatable bonds is 0. The third-order valence-electron chi connectivity index (χ3n) is 1.38. The van der Waals surface area contributed by atoms with E-state index in [1.54, 1.807) is 12.4 Å². The molecule has 1 aromatic heterocycles. The molecule has 2 nitrogen and oxygen atoms in total. The van der Waals surface area contributed by atoms with E-state index < -0.39 is 0 Å². The molecule has 84 valence electrons. The largest absolute Gasteiger partial charge is 0.253 e. The second-order valence-corrected chi connectivity index (χ2v) is 2.05. The van der Waals surface area contributed by atoms with Gasteiger partial charge in [-0.3, -0.25) is 9.97 Å². The van der Waals surface area contributed by atoms with Crippen LogP contribution in [0.4, 0.5) is 0 Å². The summed E-state index contributed by atoms with van der Waals surface area (Å²) in [6.45, 7) is 8.00. The zero-order chi connectivity index (χ0) is 10.8. The maximum atomic E-state index is 4.12. The van der Waals surface area contributed by atoms with Crippen molar-refractivity contribution in [2.45, 2.75) is 35.1 Å². The van der Waals surface area contributed by atoms with Crippen molar-refractivity contribution in [3.63, 3.8) is 0 Å². The van der Waals surface area contributed by atoms with Gasteiger partial charge in [0, 0.05) is 12.4 Å². The van der Waals surface area contributed by atoms with Crippen molar-refractivity contribution in [2.75, 3.05) is 0 Å². The fraction of sp³-hybridized carbons (Fsp3) is 0.385. The normalized spacial score (nSPS) is 7.47. The molecule has 0 fully saturated rings. The van der Waals surface area contributed by atoms with Gasteiger partial charge in [0.15, 0.2) is 0 Å². The third-order valence-corrected chi connectivity index (χ3v) is 1.38. The quantitative estimate of drug-likeness (QED) is 0.641. The highest BCUT2D eigenvalue weighted by atomic mass is 14.8. The van der Waals surface area contributed by atoms with Crippen molar-refractivity contribution in [1.29, 1.82) is 0 Å². The lowest BCUT2D eigenvalue weighted by atomic mass is 10.3. The lowest BCUT2D eigenvalue weighted by molar-refractivity contribution is 1.29. The molecule has 1 heterocycles. The molecule has 15 heavy (non-hydrogen) atoms. The van der Waals surface area contributed by atoms with Crippen molar-refractivity contribution in [3.05, 3.63) is 36.7 Å². The standard InChI is InChI=1S/C8H6N2.2C2H6.CH4/c1-2-4-8-7(3-1)9-5-6-10-8;2*1-2;/h1-6H;2*1-2H3;1H4. The summed E-state index contributed by atoms with van der Waals surface area (Å²) in [5.41, 5.74) is 1.90. The average Bonchev–Trinajstić information content (AvgIpc) is 2.34. The molecule has 2 aromatic rings. The van der Waals surface area contributed by atoms with Gasteiger partial charge in [-0.15, -0.1) is 0 Å². The molecule has 0 saturated carbocycles. The Labute approximate surface area is 93.4 Å². The van der Waals surface area contributed by atoms with Crippen LogP contribution in [-0.2, 0) is 0 Å². The van der Waals surface area contributed by atoms with Gasteiger partial charge in [-0.05, 0) is 12.1 Å². The van der Waals surface area contributed by atoms with Gasteiger partial charge < -0.3 is 0 Å². The first-order valence-electron chi connectivity index (χ1n) is 5.12. The summed E-state index contributed by atoms with van der Waals surface area (Å²) in [5.74, 6) is 0. The van der Waals surface area contributed by atoms with E-state index >= 15 is 0 Å². The van der Waals surface area contributed by atoms with Crippen LogP contribution in [0.5, 0.6) is 0 Å². The summed E-state index contributed by atoms with van der Waals surface area (Å²) in [4.78, 5) is 8.24. The predicted molar refractivity (Wildman–Crippen MR) is 69.0 cm³/mol. The second kappa shape index (κ2) is 10.6. The topological polar surface area (TPSA) is 25.8 Å². The Bertz CT molecular complexity index is 280. The van der Waals surface area contributed by atoms with Gasteiger partial charge in [-0.25, -0.2) is 0 Å². The van der Waals surface area contributed by atoms with E-state index in [2.05, 4.69) is 9.97 Å². The first kappa shape index (κ1) is 16.0. The number of hydrogen-bond acceptors (Lipinski definition) is 2. The van der Waals surface area contributed by atoms with Crippen LogP contribution in [0.25, 0.3) is 11.0 Å². The van der Waals surface area contributed by atoms with Crippen LogP contribution in [0.15, 0.2) is 36.7 Å². The number of nitrogens with zero attached hydrogens (tertiary/aromatic N) is 2. The smallest absolute Gasteiger partial charge is 0.0886 e. The minimum absolute atomic E-state index is 0. The molecule has 0 bridgehead atoms. The maximum Gasteiger partial charge on any atom is 0.0886 e. The number of fused-ring (bicyclic) bond motifs is 1. The van der Waals surface area contributed by atoms with Gasteiger partial charge in [0.1, 0.15) is 0 Å². The average molecular weight is 206 g/mol. The highest BCUT2D eigenvalue weighted by Gasteiger charge is 1.88. The van der Waals surface area contributed by atoms with E-state index in [4.69, 9.17) is 0 Å². The molecule has 0 amide bonds. The lowest BCUT2D eigenvalue weighted by Gasteiger charge is -1.90. The minimum Gasteiger partial charge on any atom is -0.253 e. The Morgan fingerprint density at radius 2 is 1.07 bits per heavy atom. The molecule has 1 aromatic carbocycles.